The summed E-state index contributed by atoms with van der Waals surface area (Å²) >= 11 is 3.46. The molecule has 0 heterocycles. The van der Waals surface area contributed by atoms with Gasteiger partial charge >= 0.3 is 0 Å². The Labute approximate surface area is 187 Å². The van der Waals surface area contributed by atoms with Crippen molar-refractivity contribution in [2.75, 3.05) is 13.2 Å². The van der Waals surface area contributed by atoms with E-state index in [1.54, 1.807) is 11.8 Å². The zero-order chi connectivity index (χ0) is 22.3. The Morgan fingerprint density at radius 2 is 1.77 bits per heavy atom. The number of carbonyl (C=O) groups excluding carboxylic acids is 2. The van der Waals surface area contributed by atoms with Crippen molar-refractivity contribution in [3.8, 4) is 5.75 Å². The van der Waals surface area contributed by atoms with Gasteiger partial charge in [-0.05, 0) is 61.6 Å². The zero-order valence-electron chi connectivity index (χ0n) is 18.4. The van der Waals surface area contributed by atoms with Gasteiger partial charge in [-0.3, -0.25) is 9.59 Å². The van der Waals surface area contributed by atoms with Crippen LogP contribution in [0.2, 0.25) is 0 Å². The van der Waals surface area contributed by atoms with Gasteiger partial charge in [0, 0.05) is 17.6 Å². The molecule has 0 saturated carbocycles. The van der Waals surface area contributed by atoms with Gasteiger partial charge in [0.15, 0.2) is 6.61 Å². The minimum absolute atomic E-state index is 0.130. The second-order valence-electron chi connectivity index (χ2n) is 7.96. The minimum atomic E-state index is -0.605. The second-order valence-corrected chi connectivity index (χ2v) is 8.82. The van der Waals surface area contributed by atoms with Crippen molar-refractivity contribution in [3.05, 3.63) is 63.6 Å². The highest BCUT2D eigenvalue weighted by atomic mass is 79.9. The molecule has 5 nitrogen and oxygen atoms in total. The number of hydrogen-bond donors (Lipinski definition) is 1. The summed E-state index contributed by atoms with van der Waals surface area (Å²) in [5.41, 5.74) is 3.11. The van der Waals surface area contributed by atoms with Crippen LogP contribution in [0.25, 0.3) is 0 Å². The molecule has 1 N–H and O–H groups in total. The molecule has 0 aliphatic carbocycles. The summed E-state index contributed by atoms with van der Waals surface area (Å²) in [6, 6.07) is 12.9. The highest BCUT2D eigenvalue weighted by molar-refractivity contribution is 9.10. The van der Waals surface area contributed by atoms with Crippen molar-refractivity contribution < 1.29 is 14.3 Å². The van der Waals surface area contributed by atoms with Crippen LogP contribution in [0.5, 0.6) is 5.75 Å². The summed E-state index contributed by atoms with van der Waals surface area (Å²) in [7, 11) is 0. The predicted molar refractivity (Wildman–Crippen MR) is 123 cm³/mol. The average Bonchev–Trinajstić information content (AvgIpc) is 2.71. The molecule has 0 aliphatic heterocycles. The molecule has 0 spiro atoms. The van der Waals surface area contributed by atoms with Crippen LogP contribution in [0.3, 0.4) is 0 Å². The van der Waals surface area contributed by atoms with E-state index in [2.05, 4.69) is 21.2 Å². The lowest BCUT2D eigenvalue weighted by atomic mass is 10.1. The van der Waals surface area contributed by atoms with Crippen LogP contribution in [-0.2, 0) is 16.1 Å². The first kappa shape index (κ1) is 23.9. The Kier molecular flexibility index (Phi) is 8.90. The average molecular weight is 475 g/mol. The van der Waals surface area contributed by atoms with Gasteiger partial charge in [0.2, 0.25) is 5.91 Å². The topological polar surface area (TPSA) is 58.6 Å². The lowest BCUT2D eigenvalue weighted by molar-refractivity contribution is -0.142. The number of halogens is 1. The fourth-order valence-corrected chi connectivity index (χ4v) is 3.19. The number of benzene rings is 2. The highest BCUT2D eigenvalue weighted by Gasteiger charge is 2.27. The minimum Gasteiger partial charge on any atom is -0.484 e. The first-order valence-electron chi connectivity index (χ1n) is 10.2. The first-order chi connectivity index (χ1) is 14.2. The molecule has 0 radical (unpaired) electrons. The van der Waals surface area contributed by atoms with E-state index in [1.165, 1.54) is 0 Å². The van der Waals surface area contributed by atoms with Gasteiger partial charge in [-0.1, -0.05) is 54.0 Å². The monoisotopic (exact) mass is 474 g/mol. The van der Waals surface area contributed by atoms with Crippen LogP contribution in [0.1, 0.15) is 37.5 Å². The number of hydrogen-bond acceptors (Lipinski definition) is 3. The van der Waals surface area contributed by atoms with Gasteiger partial charge in [-0.2, -0.15) is 0 Å². The second kappa shape index (κ2) is 11.2. The molecule has 2 rings (SSSR count). The number of nitrogens with zero attached hydrogens (tertiary/aromatic N) is 1. The van der Waals surface area contributed by atoms with E-state index in [1.807, 2.05) is 70.2 Å². The molecule has 30 heavy (non-hydrogen) atoms. The number of nitrogens with one attached hydrogen (secondary N) is 1. The van der Waals surface area contributed by atoms with Crippen molar-refractivity contribution >= 4 is 27.7 Å². The Morgan fingerprint density at radius 3 is 2.40 bits per heavy atom. The number of rotatable bonds is 9. The first-order valence-corrected chi connectivity index (χ1v) is 11.0. The van der Waals surface area contributed by atoms with Gasteiger partial charge in [-0.25, -0.2) is 0 Å². The molecule has 0 aliphatic rings. The lowest BCUT2D eigenvalue weighted by Crippen LogP contribution is -2.49. The molecular formula is C24H31BrN2O3. The van der Waals surface area contributed by atoms with Crippen LogP contribution in [0.4, 0.5) is 0 Å². The summed E-state index contributed by atoms with van der Waals surface area (Å²) in [6.45, 7) is 10.6. The van der Waals surface area contributed by atoms with E-state index in [0.717, 1.165) is 21.2 Å². The Balaban J connectivity index is 2.16. The lowest BCUT2D eigenvalue weighted by Gasteiger charge is -2.29. The number of carbonyl (C=O) groups is 2. The number of ether oxygens (including phenoxy) is 1. The van der Waals surface area contributed by atoms with Crippen molar-refractivity contribution in [1.82, 2.24) is 10.2 Å². The third-order valence-corrected chi connectivity index (χ3v) is 5.84. The molecule has 0 fully saturated rings. The fourth-order valence-electron chi connectivity index (χ4n) is 2.94. The maximum Gasteiger partial charge on any atom is 0.261 e. The zero-order valence-corrected chi connectivity index (χ0v) is 20.0. The quantitative estimate of drug-likeness (QED) is 0.575. The van der Waals surface area contributed by atoms with Gasteiger partial charge in [0.1, 0.15) is 11.8 Å². The summed E-state index contributed by atoms with van der Waals surface area (Å²) < 4.78 is 6.72. The molecule has 0 bridgehead atoms. The van der Waals surface area contributed by atoms with E-state index >= 15 is 0 Å². The SMILES string of the molecule is Cc1cc(OCC(=O)N(Cc2ccccc2C)C(C)C(=O)NCC(C)C)ccc1Br. The molecule has 0 saturated heterocycles. The summed E-state index contributed by atoms with van der Waals surface area (Å²) in [4.78, 5) is 27.3. The van der Waals surface area contributed by atoms with Crippen molar-refractivity contribution in [1.29, 1.82) is 0 Å². The van der Waals surface area contributed by atoms with Crippen LogP contribution in [0, 0.1) is 19.8 Å². The van der Waals surface area contributed by atoms with E-state index < -0.39 is 6.04 Å². The fraction of sp³-hybridized carbons (Fsp3) is 0.417. The normalized spacial score (nSPS) is 11.8. The van der Waals surface area contributed by atoms with Gasteiger partial charge in [0.25, 0.3) is 5.91 Å². The Bertz CT molecular complexity index is 883. The van der Waals surface area contributed by atoms with E-state index in [9.17, 15) is 9.59 Å². The standard InChI is InChI=1S/C24H31BrN2O3/c1-16(2)13-26-24(29)19(5)27(14-20-9-7-6-8-17(20)3)23(28)15-30-21-10-11-22(25)18(4)12-21/h6-12,16,19H,13-15H2,1-5H3,(H,26,29). The molecule has 2 amide bonds. The smallest absolute Gasteiger partial charge is 0.261 e. The molecule has 6 heteroatoms. The van der Waals surface area contributed by atoms with Gasteiger partial charge in [0.05, 0.1) is 0 Å². The Hall–Kier alpha value is -2.34. The summed E-state index contributed by atoms with van der Waals surface area (Å²) in [5.74, 6) is 0.568. The Morgan fingerprint density at radius 1 is 1.07 bits per heavy atom. The largest absolute Gasteiger partial charge is 0.484 e. The molecule has 2 aromatic rings. The third-order valence-electron chi connectivity index (χ3n) is 4.95. The van der Waals surface area contributed by atoms with Crippen molar-refractivity contribution in [2.45, 2.75) is 47.2 Å². The molecule has 162 valence electrons. The number of amides is 2. The molecular weight excluding hydrogens is 444 g/mol. The third kappa shape index (κ3) is 6.87. The molecule has 0 aromatic heterocycles. The van der Waals surface area contributed by atoms with Crippen LogP contribution in [-0.4, -0.2) is 35.9 Å². The maximum atomic E-state index is 13.1. The van der Waals surface area contributed by atoms with Crippen LogP contribution in [0.15, 0.2) is 46.9 Å². The molecule has 2 aromatic carbocycles. The molecule has 1 atom stereocenters. The molecule has 1 unspecified atom stereocenters. The van der Waals surface area contributed by atoms with Gasteiger partial charge < -0.3 is 15.0 Å². The summed E-state index contributed by atoms with van der Waals surface area (Å²) in [6.07, 6.45) is 0. The van der Waals surface area contributed by atoms with E-state index in [-0.39, 0.29) is 18.4 Å². The highest BCUT2D eigenvalue weighted by Crippen LogP contribution is 2.22. The van der Waals surface area contributed by atoms with E-state index in [0.29, 0.717) is 24.8 Å². The van der Waals surface area contributed by atoms with Crippen LogP contribution < -0.4 is 10.1 Å². The van der Waals surface area contributed by atoms with E-state index in [4.69, 9.17) is 4.74 Å². The predicted octanol–water partition coefficient (Wildman–Crippen LogP) is 4.63. The maximum absolute atomic E-state index is 13.1. The van der Waals surface area contributed by atoms with Crippen LogP contribution >= 0.6 is 15.9 Å². The summed E-state index contributed by atoms with van der Waals surface area (Å²) in [5, 5.41) is 2.93. The van der Waals surface area contributed by atoms with Crippen molar-refractivity contribution in [2.24, 2.45) is 5.92 Å². The van der Waals surface area contributed by atoms with Gasteiger partial charge in [-0.15, -0.1) is 0 Å². The number of aryl methyl sites for hydroxylation is 2. The van der Waals surface area contributed by atoms with Crippen molar-refractivity contribution in [3.63, 3.8) is 0 Å².